The lowest BCUT2D eigenvalue weighted by Gasteiger charge is -2.35. The summed E-state index contributed by atoms with van der Waals surface area (Å²) < 4.78 is 70.0. The van der Waals surface area contributed by atoms with Crippen molar-refractivity contribution in [3.05, 3.63) is 33.8 Å². The van der Waals surface area contributed by atoms with Gasteiger partial charge in [0, 0.05) is 18.1 Å². The van der Waals surface area contributed by atoms with Crippen LogP contribution >= 0.6 is 15.9 Å². The molecular formula is C12H10BrF5N2O. The Morgan fingerprint density at radius 2 is 1.95 bits per heavy atom. The topological polar surface area (TPSA) is 47.6 Å². The maximum absolute atomic E-state index is 13.9. The number of nitrogens with two attached hydrogens (primary N) is 1. The molecule has 0 saturated carbocycles. The van der Waals surface area contributed by atoms with E-state index in [-0.39, 0.29) is 10.0 Å². The van der Waals surface area contributed by atoms with E-state index in [9.17, 15) is 22.0 Å². The van der Waals surface area contributed by atoms with Crippen molar-refractivity contribution in [1.82, 2.24) is 0 Å². The van der Waals surface area contributed by atoms with E-state index in [1.807, 2.05) is 0 Å². The van der Waals surface area contributed by atoms with Gasteiger partial charge in [-0.2, -0.15) is 13.2 Å². The molecule has 0 aromatic heterocycles. The van der Waals surface area contributed by atoms with Gasteiger partial charge < -0.3 is 10.5 Å². The lowest BCUT2D eigenvalue weighted by Crippen LogP contribution is -2.46. The van der Waals surface area contributed by atoms with Gasteiger partial charge in [-0.05, 0) is 28.9 Å². The van der Waals surface area contributed by atoms with Crippen molar-refractivity contribution in [1.29, 1.82) is 0 Å². The first-order valence-electron chi connectivity index (χ1n) is 5.76. The molecule has 2 rings (SSSR count). The van der Waals surface area contributed by atoms with Crippen LogP contribution in [0.25, 0.3) is 0 Å². The van der Waals surface area contributed by atoms with Crippen LogP contribution in [-0.2, 0) is 10.3 Å². The third-order valence-corrected chi connectivity index (χ3v) is 3.77. The quantitative estimate of drug-likeness (QED) is 0.604. The minimum absolute atomic E-state index is 0.0797. The van der Waals surface area contributed by atoms with E-state index >= 15 is 0 Å². The Bertz CT molecular complexity index is 604. The standard InChI is InChI=1S/C12H10BrF5N2O/c1-11(5-2-6(13)8(15)3-7(5)14)4-9(12(16,17)18)21-10(19)20-11/h2-3,9H,4H2,1H3,(H2,19,20). The van der Waals surface area contributed by atoms with Gasteiger partial charge >= 0.3 is 6.18 Å². The molecule has 0 bridgehead atoms. The third-order valence-electron chi connectivity index (χ3n) is 3.16. The van der Waals surface area contributed by atoms with Crippen molar-refractivity contribution in [2.75, 3.05) is 0 Å². The summed E-state index contributed by atoms with van der Waals surface area (Å²) in [5.41, 5.74) is 3.47. The zero-order valence-corrected chi connectivity index (χ0v) is 12.2. The third kappa shape index (κ3) is 3.12. The minimum Gasteiger partial charge on any atom is -0.452 e. The zero-order chi connectivity index (χ0) is 16.0. The van der Waals surface area contributed by atoms with Crippen LogP contribution in [0.3, 0.4) is 0 Å². The fourth-order valence-electron chi connectivity index (χ4n) is 2.15. The first-order valence-corrected chi connectivity index (χ1v) is 6.56. The van der Waals surface area contributed by atoms with Gasteiger partial charge in [0.25, 0.3) is 6.02 Å². The van der Waals surface area contributed by atoms with Gasteiger partial charge in [-0.25, -0.2) is 13.8 Å². The number of amidine groups is 1. The molecule has 0 amide bonds. The van der Waals surface area contributed by atoms with Crippen molar-refractivity contribution >= 4 is 22.0 Å². The molecule has 116 valence electrons. The predicted octanol–water partition coefficient (Wildman–Crippen LogP) is 3.61. The Hall–Kier alpha value is -1.38. The number of benzene rings is 1. The number of aliphatic imine (C=N–C) groups is 1. The molecule has 1 aliphatic heterocycles. The van der Waals surface area contributed by atoms with E-state index in [1.54, 1.807) is 0 Å². The molecule has 9 heteroatoms. The summed E-state index contributed by atoms with van der Waals surface area (Å²) in [5, 5.41) is 0. The number of alkyl halides is 3. The second-order valence-corrected chi connectivity index (χ2v) is 5.68. The molecule has 1 heterocycles. The number of hydrogen-bond acceptors (Lipinski definition) is 3. The molecule has 2 unspecified atom stereocenters. The van der Waals surface area contributed by atoms with Gasteiger partial charge in [0.05, 0.1) is 10.0 Å². The van der Waals surface area contributed by atoms with Crippen LogP contribution in [0.4, 0.5) is 22.0 Å². The van der Waals surface area contributed by atoms with E-state index < -0.39 is 41.9 Å². The molecule has 0 radical (unpaired) electrons. The highest BCUT2D eigenvalue weighted by Gasteiger charge is 2.50. The van der Waals surface area contributed by atoms with Crippen LogP contribution in [-0.4, -0.2) is 18.3 Å². The lowest BCUT2D eigenvalue weighted by atomic mass is 9.85. The lowest BCUT2D eigenvalue weighted by molar-refractivity contribution is -0.208. The van der Waals surface area contributed by atoms with E-state index in [0.29, 0.717) is 6.07 Å². The molecule has 0 fully saturated rings. The Morgan fingerprint density at radius 1 is 1.33 bits per heavy atom. The molecule has 0 aliphatic carbocycles. The summed E-state index contributed by atoms with van der Waals surface area (Å²) in [6.07, 6.45) is -7.54. The first kappa shape index (κ1) is 16.0. The van der Waals surface area contributed by atoms with Crippen molar-refractivity contribution in [2.24, 2.45) is 10.7 Å². The molecule has 1 aromatic rings. The molecule has 0 spiro atoms. The highest BCUT2D eigenvalue weighted by atomic mass is 79.9. The van der Waals surface area contributed by atoms with Crippen LogP contribution in [0, 0.1) is 11.6 Å². The number of ether oxygens (including phenoxy) is 1. The normalized spacial score (nSPS) is 26.2. The summed E-state index contributed by atoms with van der Waals surface area (Å²) in [6.45, 7) is 1.28. The van der Waals surface area contributed by atoms with Crippen molar-refractivity contribution in [2.45, 2.75) is 31.2 Å². The van der Waals surface area contributed by atoms with Gasteiger partial charge in [-0.1, -0.05) is 0 Å². The molecule has 1 aromatic carbocycles. The summed E-state index contributed by atoms with van der Waals surface area (Å²) in [4.78, 5) is 3.77. The average Bonchev–Trinajstić information content (AvgIpc) is 2.31. The van der Waals surface area contributed by atoms with E-state index in [1.165, 1.54) is 6.92 Å². The molecule has 0 saturated heterocycles. The molecular weight excluding hydrogens is 363 g/mol. The molecule has 1 aliphatic rings. The van der Waals surface area contributed by atoms with Crippen LogP contribution in [0.5, 0.6) is 0 Å². The number of hydrogen-bond donors (Lipinski definition) is 1. The van der Waals surface area contributed by atoms with Crippen LogP contribution in [0.1, 0.15) is 18.9 Å². The van der Waals surface area contributed by atoms with Crippen LogP contribution in [0.2, 0.25) is 0 Å². The first-order chi connectivity index (χ1) is 9.53. The monoisotopic (exact) mass is 372 g/mol. The largest absolute Gasteiger partial charge is 0.452 e. The van der Waals surface area contributed by atoms with Gasteiger partial charge in [0.2, 0.25) is 0 Å². The number of rotatable bonds is 1. The van der Waals surface area contributed by atoms with E-state index in [2.05, 4.69) is 25.7 Å². The van der Waals surface area contributed by atoms with E-state index in [0.717, 1.165) is 6.07 Å². The summed E-state index contributed by atoms with van der Waals surface area (Å²) in [5.74, 6) is -1.87. The van der Waals surface area contributed by atoms with Gasteiger partial charge in [-0.15, -0.1) is 0 Å². The maximum atomic E-state index is 13.9. The Labute approximate surface area is 125 Å². The molecule has 21 heavy (non-hydrogen) atoms. The van der Waals surface area contributed by atoms with Crippen molar-refractivity contribution < 1.29 is 26.7 Å². The Balaban J connectivity index is 2.51. The Morgan fingerprint density at radius 3 is 2.52 bits per heavy atom. The second kappa shape index (κ2) is 5.11. The summed E-state index contributed by atoms with van der Waals surface area (Å²) in [7, 11) is 0. The molecule has 2 atom stereocenters. The molecule has 2 N–H and O–H groups in total. The zero-order valence-electron chi connectivity index (χ0n) is 10.6. The maximum Gasteiger partial charge on any atom is 0.425 e. The second-order valence-electron chi connectivity index (χ2n) is 4.82. The fraction of sp³-hybridized carbons (Fsp3) is 0.417. The molecule has 3 nitrogen and oxygen atoms in total. The summed E-state index contributed by atoms with van der Waals surface area (Å²) in [6, 6.07) is 0.945. The minimum atomic E-state index is -4.67. The van der Waals surface area contributed by atoms with Gasteiger partial charge in [0.1, 0.15) is 11.6 Å². The van der Waals surface area contributed by atoms with E-state index in [4.69, 9.17) is 5.73 Å². The number of nitrogens with zero attached hydrogens (tertiary/aromatic N) is 1. The summed E-state index contributed by atoms with van der Waals surface area (Å²) >= 11 is 2.87. The smallest absolute Gasteiger partial charge is 0.425 e. The van der Waals surface area contributed by atoms with Crippen molar-refractivity contribution in [3.8, 4) is 0 Å². The SMILES string of the molecule is CC1(c2cc(Br)c(F)cc2F)CC(C(F)(F)F)OC(N)=N1. The van der Waals surface area contributed by atoms with Gasteiger partial charge in [0.15, 0.2) is 6.10 Å². The predicted molar refractivity (Wildman–Crippen MR) is 68.6 cm³/mol. The Kier molecular flexibility index (Phi) is 3.90. The highest BCUT2D eigenvalue weighted by molar-refractivity contribution is 9.10. The van der Waals surface area contributed by atoms with Crippen LogP contribution in [0.15, 0.2) is 21.6 Å². The van der Waals surface area contributed by atoms with Gasteiger partial charge in [-0.3, -0.25) is 0 Å². The highest BCUT2D eigenvalue weighted by Crippen LogP contribution is 2.41. The number of halogens is 6. The van der Waals surface area contributed by atoms with Crippen LogP contribution < -0.4 is 5.73 Å². The fourth-order valence-corrected chi connectivity index (χ4v) is 2.50. The average molecular weight is 373 g/mol. The van der Waals surface area contributed by atoms with Crippen molar-refractivity contribution in [3.63, 3.8) is 0 Å².